The summed E-state index contributed by atoms with van der Waals surface area (Å²) in [4.78, 5) is 36.7. The summed E-state index contributed by atoms with van der Waals surface area (Å²) in [6, 6.07) is -0.476. The molecule has 0 spiro atoms. The molecular weight excluding hydrogens is 272 g/mol. The Balaban J connectivity index is 2.57. The summed E-state index contributed by atoms with van der Waals surface area (Å²) in [7, 11) is 0. The molecule has 1 heterocycles. The molecule has 0 aromatic carbocycles. The van der Waals surface area contributed by atoms with Crippen molar-refractivity contribution in [3.05, 3.63) is 0 Å². The number of rotatable bonds is 7. The Morgan fingerprint density at radius 3 is 2.33 bits per heavy atom. The van der Waals surface area contributed by atoms with E-state index in [2.05, 4.69) is 5.32 Å². The standard InChI is InChI=1S/C15H26N2O4/c1-5-15(14(20)21)6-7-17(9-15)8-12(19)16-13(10(2)3)11(4)18/h10,13H,5-9H2,1-4H3,(H,16,19)(H,20,21). The number of nitrogens with zero attached hydrogens (tertiary/aromatic N) is 1. The quantitative estimate of drug-likeness (QED) is 0.729. The molecule has 0 aromatic heterocycles. The van der Waals surface area contributed by atoms with Gasteiger partial charge in [-0.15, -0.1) is 0 Å². The van der Waals surface area contributed by atoms with Crippen LogP contribution in [0.3, 0.4) is 0 Å². The molecule has 2 N–H and O–H groups in total. The molecule has 21 heavy (non-hydrogen) atoms. The first-order chi connectivity index (χ1) is 9.71. The highest BCUT2D eigenvalue weighted by Gasteiger charge is 2.43. The van der Waals surface area contributed by atoms with Gasteiger partial charge in [0.1, 0.15) is 0 Å². The van der Waals surface area contributed by atoms with Gasteiger partial charge in [0, 0.05) is 6.54 Å². The van der Waals surface area contributed by atoms with Gasteiger partial charge >= 0.3 is 5.97 Å². The number of nitrogens with one attached hydrogen (secondary N) is 1. The second kappa shape index (κ2) is 7.02. The fourth-order valence-electron chi connectivity index (χ4n) is 2.87. The third kappa shape index (κ3) is 4.27. The van der Waals surface area contributed by atoms with Gasteiger partial charge in [-0.3, -0.25) is 19.3 Å². The number of carboxylic acids is 1. The van der Waals surface area contributed by atoms with Gasteiger partial charge in [-0.25, -0.2) is 0 Å². The number of hydrogen-bond acceptors (Lipinski definition) is 4. The van der Waals surface area contributed by atoms with Crippen LogP contribution in [0.15, 0.2) is 0 Å². The van der Waals surface area contributed by atoms with E-state index in [1.54, 1.807) is 0 Å². The maximum atomic E-state index is 12.0. The van der Waals surface area contributed by atoms with Crippen molar-refractivity contribution in [3.8, 4) is 0 Å². The Morgan fingerprint density at radius 1 is 1.33 bits per heavy atom. The first-order valence-electron chi connectivity index (χ1n) is 7.47. The zero-order chi connectivity index (χ0) is 16.2. The summed E-state index contributed by atoms with van der Waals surface area (Å²) in [5.41, 5.74) is -0.738. The lowest BCUT2D eigenvalue weighted by molar-refractivity contribution is -0.148. The summed E-state index contributed by atoms with van der Waals surface area (Å²) >= 11 is 0. The van der Waals surface area contributed by atoms with E-state index in [0.717, 1.165) is 0 Å². The molecule has 1 fully saturated rings. The molecule has 0 aromatic rings. The normalized spacial score (nSPS) is 24.0. The largest absolute Gasteiger partial charge is 0.481 e. The highest BCUT2D eigenvalue weighted by Crippen LogP contribution is 2.33. The van der Waals surface area contributed by atoms with Crippen LogP contribution in [0.2, 0.25) is 0 Å². The second-order valence-electron chi connectivity index (χ2n) is 6.30. The average Bonchev–Trinajstić information content (AvgIpc) is 2.79. The smallest absolute Gasteiger partial charge is 0.310 e. The zero-order valence-corrected chi connectivity index (χ0v) is 13.3. The molecule has 1 amide bonds. The van der Waals surface area contributed by atoms with Crippen molar-refractivity contribution < 1.29 is 19.5 Å². The highest BCUT2D eigenvalue weighted by molar-refractivity contribution is 5.88. The van der Waals surface area contributed by atoms with Crippen LogP contribution in [0.1, 0.15) is 40.5 Å². The van der Waals surface area contributed by atoms with E-state index >= 15 is 0 Å². The fourth-order valence-corrected chi connectivity index (χ4v) is 2.87. The van der Waals surface area contributed by atoms with Gasteiger partial charge < -0.3 is 10.4 Å². The molecule has 6 nitrogen and oxygen atoms in total. The van der Waals surface area contributed by atoms with Crippen molar-refractivity contribution >= 4 is 17.7 Å². The molecular formula is C15H26N2O4. The molecule has 6 heteroatoms. The number of likely N-dealkylation sites (tertiary alicyclic amines) is 1. The molecule has 1 aliphatic rings. The first kappa shape index (κ1) is 17.6. The molecule has 0 radical (unpaired) electrons. The first-order valence-corrected chi connectivity index (χ1v) is 7.47. The van der Waals surface area contributed by atoms with Crippen molar-refractivity contribution in [2.45, 2.75) is 46.6 Å². The maximum absolute atomic E-state index is 12.0. The summed E-state index contributed by atoms with van der Waals surface area (Å²) in [5, 5.41) is 12.1. The Bertz CT molecular complexity index is 422. The molecule has 1 aliphatic heterocycles. The number of carbonyl (C=O) groups excluding carboxylic acids is 2. The van der Waals surface area contributed by atoms with Crippen molar-refractivity contribution in [3.63, 3.8) is 0 Å². The van der Waals surface area contributed by atoms with E-state index in [1.165, 1.54) is 6.92 Å². The van der Waals surface area contributed by atoms with Gasteiger partial charge in [0.15, 0.2) is 5.78 Å². The third-order valence-electron chi connectivity index (χ3n) is 4.35. The lowest BCUT2D eigenvalue weighted by atomic mass is 9.84. The Kier molecular flexibility index (Phi) is 5.89. The molecule has 2 atom stereocenters. The van der Waals surface area contributed by atoms with Crippen LogP contribution in [0.5, 0.6) is 0 Å². The van der Waals surface area contributed by atoms with Crippen LogP contribution < -0.4 is 5.32 Å². The topological polar surface area (TPSA) is 86.7 Å². The van der Waals surface area contributed by atoms with Crippen molar-refractivity contribution in [2.75, 3.05) is 19.6 Å². The molecule has 1 rings (SSSR count). The number of Topliss-reactive ketones (excluding diaryl/α,β-unsaturated/α-hetero) is 1. The monoisotopic (exact) mass is 298 g/mol. The number of carbonyl (C=O) groups is 3. The van der Waals surface area contributed by atoms with Gasteiger partial charge in [0.25, 0.3) is 0 Å². The van der Waals surface area contributed by atoms with Gasteiger partial charge in [-0.2, -0.15) is 0 Å². The van der Waals surface area contributed by atoms with Crippen LogP contribution in [0.25, 0.3) is 0 Å². The number of aliphatic carboxylic acids is 1. The number of carboxylic acid groups (broad SMARTS) is 1. The minimum Gasteiger partial charge on any atom is -0.481 e. The SMILES string of the molecule is CCC1(C(=O)O)CCN(CC(=O)NC(C(C)=O)C(C)C)C1. The van der Waals surface area contributed by atoms with E-state index < -0.39 is 17.4 Å². The van der Waals surface area contributed by atoms with Crippen LogP contribution in [-0.4, -0.2) is 53.3 Å². The highest BCUT2D eigenvalue weighted by atomic mass is 16.4. The Morgan fingerprint density at radius 2 is 1.95 bits per heavy atom. The van der Waals surface area contributed by atoms with Gasteiger partial charge in [0.05, 0.1) is 18.0 Å². The number of amides is 1. The minimum absolute atomic E-state index is 0.0405. The van der Waals surface area contributed by atoms with Crippen LogP contribution in [0, 0.1) is 11.3 Å². The number of ketones is 1. The molecule has 2 unspecified atom stereocenters. The summed E-state index contributed by atoms with van der Waals surface area (Å²) in [6.45, 7) is 8.23. The minimum atomic E-state index is -0.795. The summed E-state index contributed by atoms with van der Waals surface area (Å²) < 4.78 is 0. The van der Waals surface area contributed by atoms with Gasteiger partial charge in [-0.05, 0) is 32.2 Å². The fraction of sp³-hybridized carbons (Fsp3) is 0.800. The predicted octanol–water partition coefficient (Wildman–Crippen LogP) is 0.903. The van der Waals surface area contributed by atoms with E-state index in [-0.39, 0.29) is 24.2 Å². The van der Waals surface area contributed by atoms with E-state index in [1.807, 2.05) is 25.7 Å². The molecule has 120 valence electrons. The van der Waals surface area contributed by atoms with Crippen molar-refractivity contribution in [1.29, 1.82) is 0 Å². The number of hydrogen-bond donors (Lipinski definition) is 2. The lowest BCUT2D eigenvalue weighted by Gasteiger charge is -2.24. The van der Waals surface area contributed by atoms with Gasteiger partial charge in [-0.1, -0.05) is 20.8 Å². The zero-order valence-electron chi connectivity index (χ0n) is 13.3. The lowest BCUT2D eigenvalue weighted by Crippen LogP contribution is -2.47. The molecule has 0 aliphatic carbocycles. The van der Waals surface area contributed by atoms with Crippen LogP contribution in [0.4, 0.5) is 0 Å². The Hall–Kier alpha value is -1.43. The average molecular weight is 298 g/mol. The summed E-state index contributed by atoms with van der Waals surface area (Å²) in [6.07, 6.45) is 1.12. The molecule has 1 saturated heterocycles. The van der Waals surface area contributed by atoms with Crippen LogP contribution >= 0.6 is 0 Å². The van der Waals surface area contributed by atoms with Crippen LogP contribution in [-0.2, 0) is 14.4 Å². The second-order valence-corrected chi connectivity index (χ2v) is 6.30. The van der Waals surface area contributed by atoms with E-state index in [4.69, 9.17) is 0 Å². The van der Waals surface area contributed by atoms with E-state index in [9.17, 15) is 19.5 Å². The molecule has 0 bridgehead atoms. The van der Waals surface area contributed by atoms with E-state index in [0.29, 0.717) is 25.9 Å². The predicted molar refractivity (Wildman–Crippen MR) is 78.9 cm³/mol. The summed E-state index contributed by atoms with van der Waals surface area (Å²) in [5.74, 6) is -1.04. The third-order valence-corrected chi connectivity index (χ3v) is 4.35. The maximum Gasteiger partial charge on any atom is 0.310 e. The van der Waals surface area contributed by atoms with Gasteiger partial charge in [0.2, 0.25) is 5.91 Å². The van der Waals surface area contributed by atoms with Crippen molar-refractivity contribution in [2.24, 2.45) is 11.3 Å². The molecule has 0 saturated carbocycles. The van der Waals surface area contributed by atoms with Crippen molar-refractivity contribution in [1.82, 2.24) is 10.2 Å². The Labute approximate surface area is 125 Å².